The normalized spacial score (nSPS) is 13.5. The van der Waals surface area contributed by atoms with Crippen molar-refractivity contribution in [2.45, 2.75) is 38.5 Å². The number of aliphatic hydroxyl groups excluding tert-OH is 1. The van der Waals surface area contributed by atoms with E-state index in [0.717, 1.165) is 11.1 Å². The topological polar surface area (TPSA) is 85.7 Å². The van der Waals surface area contributed by atoms with Gasteiger partial charge in [0.1, 0.15) is 11.9 Å². The molecule has 0 aliphatic rings. The summed E-state index contributed by atoms with van der Waals surface area (Å²) in [6.45, 7) is 3.77. The van der Waals surface area contributed by atoms with Crippen molar-refractivity contribution < 1.29 is 28.1 Å². The number of carbonyl (C=O) groups excluding carboxylic acids is 1. The molecule has 0 aliphatic heterocycles. The molecule has 1 aromatic heterocycles. The highest BCUT2D eigenvalue weighted by molar-refractivity contribution is 7.39. The van der Waals surface area contributed by atoms with Gasteiger partial charge in [0.25, 0.3) is 0 Å². The van der Waals surface area contributed by atoms with Crippen LogP contribution in [0.3, 0.4) is 0 Å². The molecule has 0 aliphatic carbocycles. The maximum absolute atomic E-state index is 13.8. The Balaban J connectivity index is 2.35. The summed E-state index contributed by atoms with van der Waals surface area (Å²) in [5.41, 5.74) is 3.64. The molecule has 1 N–H and O–H groups in total. The van der Waals surface area contributed by atoms with Crippen LogP contribution in [0.1, 0.15) is 35.8 Å². The Morgan fingerprint density at radius 3 is 2.40 bits per heavy atom. The van der Waals surface area contributed by atoms with E-state index < -0.39 is 38.0 Å². The Hall–Kier alpha value is -3.30. The molecule has 3 unspecified atom stereocenters. The first-order valence-corrected chi connectivity index (χ1v) is 12.5. The van der Waals surface area contributed by atoms with Crippen molar-refractivity contribution >= 4 is 14.0 Å². The summed E-state index contributed by atoms with van der Waals surface area (Å²) < 4.78 is 36.7. The van der Waals surface area contributed by atoms with Crippen LogP contribution in [0.15, 0.2) is 54.6 Å². The van der Waals surface area contributed by atoms with Crippen LogP contribution in [0.4, 0.5) is 4.39 Å². The second kappa shape index (κ2) is 11.9. The summed E-state index contributed by atoms with van der Waals surface area (Å²) in [4.78, 5) is 16.9. The zero-order valence-corrected chi connectivity index (χ0v) is 20.7. The number of esters is 1. The van der Waals surface area contributed by atoms with E-state index in [1.807, 2.05) is 44.2 Å². The Morgan fingerprint density at radius 1 is 1.17 bits per heavy atom. The largest absolute Gasteiger partial charge is 0.391 e. The Bertz CT molecular complexity index is 1260. The Kier molecular flexibility index (Phi) is 8.95. The third-order valence-electron chi connectivity index (χ3n) is 5.77. The lowest BCUT2D eigenvalue weighted by atomic mass is 9.87. The molecule has 8 heteroatoms. The van der Waals surface area contributed by atoms with Gasteiger partial charge in [-0.1, -0.05) is 55.8 Å². The molecule has 0 bridgehead atoms. The molecule has 0 saturated heterocycles. The number of ether oxygens (including phenoxy) is 1. The number of terminal acetylenes is 1. The number of aryl methyl sites for hydroxylation is 1. The number of hydrogen-bond acceptors (Lipinski definition) is 6. The first kappa shape index (κ1) is 26.3. The number of nitrogens with zero attached hydrogens (tertiary/aromatic N) is 1. The molecule has 3 aromatic rings. The SMILES string of the molecule is C#COC(=O)CC(O)C(c1c(CC)nc(-c2ccccc2)c(C)c1-c1ccc(F)cc1)[PH](=O)OC. The highest BCUT2D eigenvalue weighted by Gasteiger charge is 2.35. The molecular formula is C27H27FNO5P. The van der Waals surface area contributed by atoms with E-state index in [9.17, 15) is 18.9 Å². The molecule has 0 fully saturated rings. The van der Waals surface area contributed by atoms with Gasteiger partial charge in [0.05, 0.1) is 23.9 Å². The summed E-state index contributed by atoms with van der Waals surface area (Å²) in [7, 11) is -1.63. The summed E-state index contributed by atoms with van der Waals surface area (Å²) >= 11 is 0. The number of aromatic nitrogens is 1. The van der Waals surface area contributed by atoms with Gasteiger partial charge in [0.2, 0.25) is 8.03 Å². The van der Waals surface area contributed by atoms with E-state index >= 15 is 0 Å². The van der Waals surface area contributed by atoms with Crippen LogP contribution >= 0.6 is 8.03 Å². The van der Waals surface area contributed by atoms with Crippen LogP contribution in [0.5, 0.6) is 0 Å². The number of aliphatic hydroxyl groups is 1. The molecule has 0 spiro atoms. The zero-order chi connectivity index (χ0) is 25.5. The second-order valence-corrected chi connectivity index (χ2v) is 9.58. The zero-order valence-electron chi connectivity index (χ0n) is 19.7. The molecule has 0 saturated carbocycles. The number of pyridine rings is 1. The molecule has 182 valence electrons. The molecule has 2 aromatic carbocycles. The van der Waals surface area contributed by atoms with E-state index in [0.29, 0.717) is 34.5 Å². The van der Waals surface area contributed by atoms with Crippen LogP contribution in [-0.2, 0) is 25.0 Å². The fourth-order valence-electron chi connectivity index (χ4n) is 4.20. The monoisotopic (exact) mass is 495 g/mol. The fraction of sp³-hybridized carbons (Fsp3) is 0.259. The van der Waals surface area contributed by atoms with Gasteiger partial charge in [-0.2, -0.15) is 0 Å². The predicted octanol–water partition coefficient (Wildman–Crippen LogP) is 5.47. The van der Waals surface area contributed by atoms with Gasteiger partial charge in [-0.15, -0.1) is 0 Å². The van der Waals surface area contributed by atoms with Crippen molar-refractivity contribution in [3.05, 3.63) is 77.2 Å². The fourth-order valence-corrected chi connectivity index (χ4v) is 5.44. The lowest BCUT2D eigenvalue weighted by Crippen LogP contribution is -2.23. The maximum atomic E-state index is 13.8. The van der Waals surface area contributed by atoms with Crippen LogP contribution in [0.25, 0.3) is 22.4 Å². The number of rotatable bonds is 9. The van der Waals surface area contributed by atoms with Crippen LogP contribution in [0.2, 0.25) is 0 Å². The number of carbonyl (C=O) groups is 1. The molecule has 0 amide bonds. The van der Waals surface area contributed by atoms with Crippen molar-refractivity contribution in [2.24, 2.45) is 0 Å². The Morgan fingerprint density at radius 2 is 1.83 bits per heavy atom. The van der Waals surface area contributed by atoms with Gasteiger partial charge in [-0.05, 0) is 47.7 Å². The summed E-state index contributed by atoms with van der Waals surface area (Å²) in [5.74, 6) is -1.23. The second-order valence-electron chi connectivity index (χ2n) is 7.91. The van der Waals surface area contributed by atoms with Crippen molar-refractivity contribution in [2.75, 3.05) is 7.11 Å². The Labute approximate surface area is 205 Å². The molecular weight excluding hydrogens is 468 g/mol. The molecule has 35 heavy (non-hydrogen) atoms. The van der Waals surface area contributed by atoms with Gasteiger partial charge in [0, 0.05) is 18.4 Å². The van der Waals surface area contributed by atoms with E-state index in [-0.39, 0.29) is 0 Å². The minimum Gasteiger partial charge on any atom is -0.391 e. The summed E-state index contributed by atoms with van der Waals surface area (Å²) in [6, 6.07) is 15.5. The minimum absolute atomic E-state index is 0.403. The number of benzene rings is 2. The van der Waals surface area contributed by atoms with Gasteiger partial charge in [-0.3, -0.25) is 14.3 Å². The third kappa shape index (κ3) is 5.86. The first-order valence-electron chi connectivity index (χ1n) is 11.1. The maximum Gasteiger partial charge on any atom is 0.322 e. The van der Waals surface area contributed by atoms with Crippen LogP contribution in [-0.4, -0.2) is 29.3 Å². The average Bonchev–Trinajstić information content (AvgIpc) is 2.85. The molecule has 3 rings (SSSR count). The van der Waals surface area contributed by atoms with Crippen molar-refractivity contribution in [3.8, 4) is 34.9 Å². The van der Waals surface area contributed by atoms with Crippen molar-refractivity contribution in [1.82, 2.24) is 4.98 Å². The molecule has 1 heterocycles. The van der Waals surface area contributed by atoms with Crippen LogP contribution in [0, 0.1) is 25.3 Å². The number of hydrogen-bond donors (Lipinski definition) is 1. The van der Waals surface area contributed by atoms with Crippen molar-refractivity contribution in [1.29, 1.82) is 0 Å². The lowest BCUT2D eigenvalue weighted by molar-refractivity contribution is -0.139. The summed E-state index contributed by atoms with van der Waals surface area (Å²) in [6.07, 6.45) is 5.36. The summed E-state index contributed by atoms with van der Waals surface area (Å²) in [5, 5.41) is 11.1. The molecule has 0 radical (unpaired) electrons. The smallest absolute Gasteiger partial charge is 0.322 e. The van der Waals surface area contributed by atoms with Crippen LogP contribution < -0.4 is 0 Å². The van der Waals surface area contributed by atoms with E-state index in [1.54, 1.807) is 18.2 Å². The molecule has 3 atom stereocenters. The van der Waals surface area contributed by atoms with Gasteiger partial charge in [-0.25, -0.2) is 4.39 Å². The third-order valence-corrected chi connectivity index (χ3v) is 7.36. The first-order chi connectivity index (χ1) is 16.8. The van der Waals surface area contributed by atoms with E-state index in [1.165, 1.54) is 19.2 Å². The average molecular weight is 495 g/mol. The van der Waals surface area contributed by atoms with E-state index in [4.69, 9.17) is 15.9 Å². The predicted molar refractivity (Wildman–Crippen MR) is 133 cm³/mol. The molecule has 6 nitrogen and oxygen atoms in total. The van der Waals surface area contributed by atoms with Gasteiger partial charge in [0.15, 0.2) is 0 Å². The lowest BCUT2D eigenvalue weighted by Gasteiger charge is -2.28. The van der Waals surface area contributed by atoms with E-state index in [2.05, 4.69) is 4.74 Å². The van der Waals surface area contributed by atoms with Gasteiger partial charge < -0.3 is 14.4 Å². The minimum atomic E-state index is -2.91. The highest BCUT2D eigenvalue weighted by Crippen LogP contribution is 2.50. The van der Waals surface area contributed by atoms with Gasteiger partial charge >= 0.3 is 5.97 Å². The van der Waals surface area contributed by atoms with Crippen molar-refractivity contribution in [3.63, 3.8) is 0 Å². The quantitative estimate of drug-likeness (QED) is 0.241. The highest BCUT2D eigenvalue weighted by atomic mass is 31.1. The number of halogens is 1. The standard InChI is InChI=1S/C27H27FNO5P/c1-5-21-25(27(35(32)33-4)22(30)16-23(31)34-6-2)24(18-12-14-20(28)15-13-18)17(3)26(29-21)19-10-8-7-9-11-19/h2,7-15,22,27,30,35H,5,16H2,1,3-4H3.